The zero-order valence-corrected chi connectivity index (χ0v) is 11.8. The predicted octanol–water partition coefficient (Wildman–Crippen LogP) is 1.96. The Morgan fingerprint density at radius 1 is 1.18 bits per heavy atom. The first kappa shape index (κ1) is 12.8. The summed E-state index contributed by atoms with van der Waals surface area (Å²) in [4.78, 5) is 6.30. The van der Waals surface area contributed by atoms with Crippen LogP contribution in [0.2, 0.25) is 0 Å². The van der Waals surface area contributed by atoms with Gasteiger partial charge in [0.05, 0.1) is 5.69 Å². The maximum atomic E-state index is 4.78. The van der Waals surface area contributed by atoms with E-state index < -0.39 is 0 Å². The molecule has 3 heterocycles. The number of rotatable bonds is 3. The molecule has 0 fully saturated rings. The topological polar surface area (TPSA) is 80.0 Å². The summed E-state index contributed by atoms with van der Waals surface area (Å²) < 4.78 is 4.78. The fraction of sp³-hybridized carbons (Fsp3) is 0.200. The van der Waals surface area contributed by atoms with Gasteiger partial charge in [-0.1, -0.05) is 35.5 Å². The lowest BCUT2D eigenvalue weighted by molar-refractivity contribution is 0.418. The smallest absolute Gasteiger partial charge is 0.222 e. The zero-order valence-electron chi connectivity index (χ0n) is 11.8. The van der Waals surface area contributed by atoms with Gasteiger partial charge in [0.15, 0.2) is 5.82 Å². The number of hydrogen-bond donors (Lipinski definition) is 1. The summed E-state index contributed by atoms with van der Waals surface area (Å²) in [6.07, 6.45) is 1.29. The Balaban J connectivity index is 1.68. The maximum Gasteiger partial charge on any atom is 0.222 e. The van der Waals surface area contributed by atoms with Gasteiger partial charge in [0.2, 0.25) is 12.2 Å². The number of anilines is 2. The predicted molar refractivity (Wildman–Crippen MR) is 81.3 cm³/mol. The maximum absolute atomic E-state index is 4.78. The van der Waals surface area contributed by atoms with Crippen molar-refractivity contribution in [3.63, 3.8) is 0 Å². The number of fused-ring (bicyclic) bond motifs is 1. The van der Waals surface area contributed by atoms with Crippen molar-refractivity contribution in [2.24, 2.45) is 0 Å². The molecular weight excluding hydrogens is 280 g/mol. The second kappa shape index (κ2) is 5.44. The summed E-state index contributed by atoms with van der Waals surface area (Å²) >= 11 is 0. The van der Waals surface area contributed by atoms with Crippen molar-refractivity contribution < 1.29 is 4.52 Å². The summed E-state index contributed by atoms with van der Waals surface area (Å²) in [6, 6.07) is 12.3. The Bertz CT molecular complexity index is 759. The van der Waals surface area contributed by atoms with E-state index in [1.165, 1.54) is 12.0 Å². The van der Waals surface area contributed by atoms with E-state index in [-0.39, 0.29) is 0 Å². The monoisotopic (exact) mass is 294 g/mol. The third-order valence-corrected chi connectivity index (χ3v) is 3.60. The Kier molecular flexibility index (Phi) is 3.15. The van der Waals surface area contributed by atoms with Crippen LogP contribution in [-0.2, 0) is 6.54 Å². The third-order valence-electron chi connectivity index (χ3n) is 3.60. The molecule has 0 unspecified atom stereocenters. The molecule has 110 valence electrons. The van der Waals surface area contributed by atoms with E-state index in [4.69, 9.17) is 4.52 Å². The van der Waals surface area contributed by atoms with E-state index in [1.54, 1.807) is 0 Å². The molecule has 1 N–H and O–H groups in total. The van der Waals surface area contributed by atoms with Crippen LogP contribution in [0, 0.1) is 0 Å². The van der Waals surface area contributed by atoms with Crippen molar-refractivity contribution in [1.29, 1.82) is 0 Å². The summed E-state index contributed by atoms with van der Waals surface area (Å²) in [6.45, 7) is 2.57. The lowest BCUT2D eigenvalue weighted by Crippen LogP contribution is -2.34. The molecule has 0 saturated heterocycles. The normalized spacial score (nSPS) is 13.5. The van der Waals surface area contributed by atoms with Gasteiger partial charge in [-0.05, 0) is 11.6 Å². The molecule has 7 heteroatoms. The van der Waals surface area contributed by atoms with E-state index in [0.29, 0.717) is 11.5 Å². The third kappa shape index (κ3) is 2.37. The number of aromatic nitrogens is 4. The number of nitrogens with zero attached hydrogens (tertiary/aromatic N) is 5. The van der Waals surface area contributed by atoms with Crippen LogP contribution < -0.4 is 10.2 Å². The van der Waals surface area contributed by atoms with Crippen LogP contribution in [0.1, 0.15) is 5.56 Å². The summed E-state index contributed by atoms with van der Waals surface area (Å²) in [5.74, 6) is 1.23. The van der Waals surface area contributed by atoms with E-state index in [9.17, 15) is 0 Å². The molecule has 1 aromatic carbocycles. The van der Waals surface area contributed by atoms with Crippen molar-refractivity contribution in [3.05, 3.63) is 48.4 Å². The van der Waals surface area contributed by atoms with Crippen LogP contribution in [0.5, 0.6) is 0 Å². The zero-order chi connectivity index (χ0) is 14.8. The van der Waals surface area contributed by atoms with Crippen LogP contribution in [0.15, 0.2) is 47.3 Å². The van der Waals surface area contributed by atoms with E-state index in [2.05, 4.69) is 42.7 Å². The first-order valence-corrected chi connectivity index (χ1v) is 7.07. The van der Waals surface area contributed by atoms with Gasteiger partial charge >= 0.3 is 0 Å². The molecule has 0 aliphatic carbocycles. The van der Waals surface area contributed by atoms with Crippen LogP contribution in [-0.4, -0.2) is 33.4 Å². The quantitative estimate of drug-likeness (QED) is 0.790. The molecule has 0 atom stereocenters. The first-order chi connectivity index (χ1) is 10.9. The average Bonchev–Trinajstić information content (AvgIpc) is 3.10. The van der Waals surface area contributed by atoms with Crippen LogP contribution in [0.4, 0.5) is 11.5 Å². The molecule has 1 aliphatic heterocycles. The largest absolute Gasteiger partial charge is 0.365 e. The highest BCUT2D eigenvalue weighted by molar-refractivity contribution is 5.71. The van der Waals surface area contributed by atoms with E-state index in [1.807, 2.05) is 24.3 Å². The second-order valence-electron chi connectivity index (χ2n) is 5.05. The average molecular weight is 294 g/mol. The highest BCUT2D eigenvalue weighted by Gasteiger charge is 2.20. The fourth-order valence-electron chi connectivity index (χ4n) is 2.54. The minimum Gasteiger partial charge on any atom is -0.365 e. The molecule has 0 radical (unpaired) electrons. The van der Waals surface area contributed by atoms with Gasteiger partial charge in [0, 0.05) is 19.6 Å². The van der Waals surface area contributed by atoms with Gasteiger partial charge < -0.3 is 14.7 Å². The van der Waals surface area contributed by atoms with Crippen LogP contribution >= 0.6 is 0 Å². The fourth-order valence-corrected chi connectivity index (χ4v) is 2.54. The molecule has 2 aromatic heterocycles. The summed E-state index contributed by atoms with van der Waals surface area (Å²) in [5, 5.41) is 15.5. The highest BCUT2D eigenvalue weighted by atomic mass is 16.5. The molecule has 0 amide bonds. The van der Waals surface area contributed by atoms with Crippen LogP contribution in [0.25, 0.3) is 11.5 Å². The number of benzene rings is 1. The molecular formula is C15H14N6O. The van der Waals surface area contributed by atoms with Gasteiger partial charge in [0.1, 0.15) is 5.69 Å². The first-order valence-electron chi connectivity index (χ1n) is 7.07. The molecule has 1 aliphatic rings. The standard InChI is InChI=1S/C15H14N6O/c1-2-4-11(5-3-1)9-21-7-6-16-15-13(21)8-12(18-19-15)14-17-10-22-20-14/h1-5,8,10H,6-7,9H2,(H,16,19). The molecule has 4 rings (SSSR count). The van der Waals surface area contributed by atoms with E-state index in [0.717, 1.165) is 31.1 Å². The molecule has 0 bridgehead atoms. The summed E-state index contributed by atoms with van der Waals surface area (Å²) in [7, 11) is 0. The molecule has 22 heavy (non-hydrogen) atoms. The minimum absolute atomic E-state index is 0.445. The second-order valence-corrected chi connectivity index (χ2v) is 5.05. The molecule has 3 aromatic rings. The molecule has 0 spiro atoms. The number of hydrogen-bond acceptors (Lipinski definition) is 7. The Labute approximate surface area is 127 Å². The minimum atomic E-state index is 0.445. The summed E-state index contributed by atoms with van der Waals surface area (Å²) in [5.41, 5.74) is 2.87. The van der Waals surface area contributed by atoms with E-state index >= 15 is 0 Å². The van der Waals surface area contributed by atoms with Gasteiger partial charge in [-0.2, -0.15) is 4.98 Å². The van der Waals surface area contributed by atoms with Gasteiger partial charge in [0.25, 0.3) is 0 Å². The Hall–Kier alpha value is -2.96. The number of nitrogens with one attached hydrogen (secondary N) is 1. The van der Waals surface area contributed by atoms with Gasteiger partial charge in [-0.25, -0.2) is 0 Å². The molecule has 7 nitrogen and oxygen atoms in total. The van der Waals surface area contributed by atoms with Crippen molar-refractivity contribution >= 4 is 11.5 Å². The Morgan fingerprint density at radius 3 is 2.91 bits per heavy atom. The van der Waals surface area contributed by atoms with Crippen LogP contribution in [0.3, 0.4) is 0 Å². The lowest BCUT2D eigenvalue weighted by Gasteiger charge is -2.31. The highest BCUT2D eigenvalue weighted by Crippen LogP contribution is 2.30. The van der Waals surface area contributed by atoms with Crippen molar-refractivity contribution in [2.75, 3.05) is 23.3 Å². The van der Waals surface area contributed by atoms with Crippen molar-refractivity contribution in [1.82, 2.24) is 20.3 Å². The molecule has 0 saturated carbocycles. The SMILES string of the molecule is c1ccc(CN2CCNc3nnc(-c4ncon4)cc32)cc1. The van der Waals surface area contributed by atoms with Gasteiger partial charge in [-0.15, -0.1) is 10.2 Å². The van der Waals surface area contributed by atoms with Crippen molar-refractivity contribution in [3.8, 4) is 11.5 Å². The van der Waals surface area contributed by atoms with Crippen molar-refractivity contribution in [2.45, 2.75) is 6.54 Å². The Morgan fingerprint density at radius 2 is 2.09 bits per heavy atom. The lowest BCUT2D eigenvalue weighted by atomic mass is 10.2. The van der Waals surface area contributed by atoms with Gasteiger partial charge in [-0.3, -0.25) is 0 Å².